The van der Waals surface area contributed by atoms with E-state index in [1.807, 2.05) is 5.43 Å². The third-order valence-corrected chi connectivity index (χ3v) is 2.32. The van der Waals surface area contributed by atoms with E-state index in [9.17, 15) is 22.0 Å². The monoisotopic (exact) mass is 305 g/mol. The van der Waals surface area contributed by atoms with E-state index in [0.29, 0.717) is 0 Å². The minimum atomic E-state index is -4.78. The largest absolute Gasteiger partial charge is 0.451 e. The molecule has 0 unspecified atom stereocenters. The van der Waals surface area contributed by atoms with E-state index in [1.165, 1.54) is 0 Å². The average Bonchev–Trinajstić information content (AvgIpc) is 2.41. The van der Waals surface area contributed by atoms with Crippen LogP contribution in [0, 0.1) is 11.6 Å². The summed E-state index contributed by atoms with van der Waals surface area (Å²) in [5.74, 6) is 0.794. The first-order valence-corrected chi connectivity index (χ1v) is 5.44. The predicted molar refractivity (Wildman–Crippen MR) is 64.5 cm³/mol. The number of aromatic nitrogens is 2. The van der Waals surface area contributed by atoms with Gasteiger partial charge >= 0.3 is 6.18 Å². The summed E-state index contributed by atoms with van der Waals surface area (Å²) in [6.45, 7) is 0. The molecule has 5 nitrogen and oxygen atoms in total. The molecule has 2 rings (SSSR count). The maximum atomic E-state index is 13.0. The summed E-state index contributed by atoms with van der Waals surface area (Å²) >= 11 is 0. The second kappa shape index (κ2) is 5.48. The molecule has 112 valence electrons. The number of alkyl halides is 3. The summed E-state index contributed by atoms with van der Waals surface area (Å²) in [5.41, 5.74) is 1.98. The predicted octanol–water partition coefficient (Wildman–Crippen LogP) is 2.80. The molecular weight excluding hydrogens is 297 g/mol. The van der Waals surface area contributed by atoms with Gasteiger partial charge in [0.05, 0.1) is 0 Å². The molecule has 1 aromatic carbocycles. The Morgan fingerprint density at radius 3 is 2.19 bits per heavy atom. The van der Waals surface area contributed by atoms with Crippen LogP contribution in [0.15, 0.2) is 24.3 Å². The summed E-state index contributed by atoms with van der Waals surface area (Å²) in [5, 5.41) is 2.41. The van der Waals surface area contributed by atoms with Crippen molar-refractivity contribution < 1.29 is 22.0 Å². The Kier molecular flexibility index (Phi) is 3.89. The van der Waals surface area contributed by atoms with Gasteiger partial charge in [-0.1, -0.05) is 0 Å². The van der Waals surface area contributed by atoms with Gasteiger partial charge in [0.15, 0.2) is 11.6 Å². The number of anilines is 3. The van der Waals surface area contributed by atoms with Crippen LogP contribution in [0.5, 0.6) is 0 Å². The van der Waals surface area contributed by atoms with Gasteiger partial charge in [0.1, 0.15) is 11.6 Å². The van der Waals surface area contributed by atoms with Crippen LogP contribution in [0.25, 0.3) is 0 Å². The third kappa shape index (κ3) is 3.54. The van der Waals surface area contributed by atoms with Gasteiger partial charge in [-0.15, -0.1) is 0 Å². The Balaban J connectivity index is 2.36. The van der Waals surface area contributed by atoms with Crippen molar-refractivity contribution in [2.24, 2.45) is 5.84 Å². The second-order valence-corrected chi connectivity index (χ2v) is 3.86. The lowest BCUT2D eigenvalue weighted by atomic mass is 10.3. The number of nitrogen functional groups attached to an aromatic ring is 1. The Morgan fingerprint density at radius 1 is 0.952 bits per heavy atom. The fourth-order valence-corrected chi connectivity index (χ4v) is 1.43. The second-order valence-electron chi connectivity index (χ2n) is 3.86. The molecule has 0 fully saturated rings. The van der Waals surface area contributed by atoms with Crippen LogP contribution in [0.3, 0.4) is 0 Å². The highest BCUT2D eigenvalue weighted by atomic mass is 19.4. The van der Waals surface area contributed by atoms with Crippen LogP contribution in [0.1, 0.15) is 5.82 Å². The summed E-state index contributed by atoms with van der Waals surface area (Å²) in [4.78, 5) is 6.39. The number of hydrogen-bond donors (Lipinski definition) is 3. The first-order chi connectivity index (χ1) is 9.79. The fraction of sp³-hybridized carbons (Fsp3) is 0.0909. The number of nitrogens with one attached hydrogen (secondary N) is 2. The maximum Gasteiger partial charge on any atom is 0.451 e. The molecule has 4 N–H and O–H groups in total. The molecule has 0 amide bonds. The molecule has 10 heteroatoms. The molecule has 0 bridgehead atoms. The molecule has 0 aliphatic heterocycles. The van der Waals surface area contributed by atoms with Crippen LogP contribution in [-0.2, 0) is 6.18 Å². The van der Waals surface area contributed by atoms with Gasteiger partial charge in [-0.05, 0) is 12.1 Å². The standard InChI is InChI=1S/C11H8F5N5/c12-6-2-1-5(3-7(6)13)18-8-4-9(21-17)20-10(19-8)11(14,15)16/h1-4H,17H2,(H2,18,19,20,21). The van der Waals surface area contributed by atoms with Crippen molar-refractivity contribution in [2.45, 2.75) is 6.18 Å². The van der Waals surface area contributed by atoms with Crippen molar-refractivity contribution in [3.63, 3.8) is 0 Å². The topological polar surface area (TPSA) is 75.9 Å². The van der Waals surface area contributed by atoms with Crippen molar-refractivity contribution in [1.82, 2.24) is 9.97 Å². The van der Waals surface area contributed by atoms with Gasteiger partial charge in [0.25, 0.3) is 0 Å². The van der Waals surface area contributed by atoms with E-state index in [4.69, 9.17) is 5.84 Å². The molecule has 0 aliphatic carbocycles. The Hall–Kier alpha value is -2.49. The Bertz CT molecular complexity index is 658. The minimum absolute atomic E-state index is 0.0173. The molecule has 1 heterocycles. The Morgan fingerprint density at radius 2 is 1.62 bits per heavy atom. The van der Waals surface area contributed by atoms with Crippen molar-refractivity contribution in [1.29, 1.82) is 0 Å². The molecule has 0 radical (unpaired) electrons. The molecule has 1 aromatic heterocycles. The molecule has 0 saturated heterocycles. The van der Waals surface area contributed by atoms with Gasteiger partial charge in [-0.2, -0.15) is 13.2 Å². The normalized spacial score (nSPS) is 11.3. The Labute approximate surface area is 115 Å². The van der Waals surface area contributed by atoms with E-state index in [2.05, 4.69) is 15.3 Å². The maximum absolute atomic E-state index is 13.0. The number of rotatable bonds is 3. The number of benzene rings is 1. The number of nitrogens with zero attached hydrogens (tertiary/aromatic N) is 2. The smallest absolute Gasteiger partial charge is 0.340 e. The molecule has 21 heavy (non-hydrogen) atoms. The highest BCUT2D eigenvalue weighted by Gasteiger charge is 2.35. The van der Waals surface area contributed by atoms with Gasteiger partial charge in [-0.25, -0.2) is 24.6 Å². The zero-order valence-corrected chi connectivity index (χ0v) is 10.2. The average molecular weight is 305 g/mol. The van der Waals surface area contributed by atoms with Gasteiger partial charge in [0.2, 0.25) is 5.82 Å². The van der Waals surface area contributed by atoms with E-state index < -0.39 is 23.6 Å². The zero-order chi connectivity index (χ0) is 15.6. The third-order valence-electron chi connectivity index (χ3n) is 2.32. The molecule has 0 spiro atoms. The first kappa shape index (κ1) is 14.9. The van der Waals surface area contributed by atoms with Crippen LogP contribution < -0.4 is 16.6 Å². The van der Waals surface area contributed by atoms with Crippen molar-refractivity contribution in [3.05, 3.63) is 41.7 Å². The van der Waals surface area contributed by atoms with Crippen molar-refractivity contribution in [3.8, 4) is 0 Å². The molecule has 2 aromatic rings. The molecule has 0 saturated carbocycles. The molecule has 0 atom stereocenters. The lowest BCUT2D eigenvalue weighted by molar-refractivity contribution is -0.144. The lowest BCUT2D eigenvalue weighted by Gasteiger charge is -2.11. The quantitative estimate of drug-likeness (QED) is 0.462. The van der Waals surface area contributed by atoms with Crippen molar-refractivity contribution >= 4 is 17.3 Å². The zero-order valence-electron chi connectivity index (χ0n) is 10.2. The first-order valence-electron chi connectivity index (χ1n) is 5.44. The SMILES string of the molecule is NNc1cc(Nc2ccc(F)c(F)c2)nc(C(F)(F)F)n1. The van der Waals surface area contributed by atoms with E-state index in [-0.39, 0.29) is 17.3 Å². The van der Waals surface area contributed by atoms with Crippen LogP contribution >= 0.6 is 0 Å². The van der Waals surface area contributed by atoms with Crippen LogP contribution in [0.2, 0.25) is 0 Å². The number of halogens is 5. The van der Waals surface area contributed by atoms with E-state index in [0.717, 1.165) is 24.3 Å². The van der Waals surface area contributed by atoms with Gasteiger partial charge in [-0.3, -0.25) is 0 Å². The summed E-state index contributed by atoms with van der Waals surface area (Å²) in [6, 6.07) is 3.83. The van der Waals surface area contributed by atoms with Gasteiger partial charge < -0.3 is 10.7 Å². The summed E-state index contributed by atoms with van der Waals surface area (Å²) in [7, 11) is 0. The highest BCUT2D eigenvalue weighted by Crippen LogP contribution is 2.29. The van der Waals surface area contributed by atoms with Crippen molar-refractivity contribution in [2.75, 3.05) is 10.7 Å². The van der Waals surface area contributed by atoms with Crippen LogP contribution in [-0.4, -0.2) is 9.97 Å². The van der Waals surface area contributed by atoms with Crippen LogP contribution in [0.4, 0.5) is 39.3 Å². The summed E-state index contributed by atoms with van der Waals surface area (Å²) < 4.78 is 63.6. The summed E-state index contributed by atoms with van der Waals surface area (Å²) in [6.07, 6.45) is -4.78. The molecule has 0 aliphatic rings. The highest BCUT2D eigenvalue weighted by molar-refractivity contribution is 5.59. The van der Waals surface area contributed by atoms with Gasteiger partial charge in [0, 0.05) is 17.8 Å². The molecular formula is C11H8F5N5. The van der Waals surface area contributed by atoms with E-state index >= 15 is 0 Å². The minimum Gasteiger partial charge on any atom is -0.340 e. The number of nitrogens with two attached hydrogens (primary N) is 1. The van der Waals surface area contributed by atoms with E-state index in [1.54, 1.807) is 0 Å². The fourth-order valence-electron chi connectivity index (χ4n) is 1.43. The lowest BCUT2D eigenvalue weighted by Crippen LogP contribution is -2.16. The number of hydrogen-bond acceptors (Lipinski definition) is 5. The number of hydrazine groups is 1.